The van der Waals surface area contributed by atoms with Gasteiger partial charge in [-0.25, -0.2) is 13.1 Å². The van der Waals surface area contributed by atoms with Crippen LogP contribution in [0.1, 0.15) is 11.1 Å². The molecule has 1 heterocycles. The van der Waals surface area contributed by atoms with Crippen LogP contribution in [0.2, 0.25) is 0 Å². The Morgan fingerprint density at radius 2 is 2.10 bits per heavy atom. The molecule has 6 heteroatoms. The second-order valence-electron chi connectivity index (χ2n) is 4.32. The monoisotopic (exact) mass is 292 g/mol. The Morgan fingerprint density at radius 3 is 2.70 bits per heavy atom. The summed E-state index contributed by atoms with van der Waals surface area (Å²) in [6.45, 7) is 2.01. The zero-order chi connectivity index (χ0) is 14.6. The van der Waals surface area contributed by atoms with Crippen molar-refractivity contribution in [3.05, 3.63) is 53.9 Å². The molecule has 0 saturated carbocycles. The van der Waals surface area contributed by atoms with Gasteiger partial charge in [-0.3, -0.25) is 4.98 Å². The van der Waals surface area contributed by atoms with Gasteiger partial charge in [0.05, 0.1) is 12.0 Å². The van der Waals surface area contributed by atoms with Gasteiger partial charge in [0.1, 0.15) is 5.75 Å². The zero-order valence-corrected chi connectivity index (χ0v) is 12.1. The molecule has 0 saturated heterocycles. The lowest BCUT2D eigenvalue weighted by atomic mass is 10.2. The number of aromatic nitrogens is 1. The molecule has 0 aliphatic carbocycles. The van der Waals surface area contributed by atoms with E-state index in [0.717, 1.165) is 11.1 Å². The molecule has 0 fully saturated rings. The van der Waals surface area contributed by atoms with E-state index in [4.69, 9.17) is 4.74 Å². The molecule has 0 atom stereocenters. The van der Waals surface area contributed by atoms with Crippen LogP contribution in [-0.4, -0.2) is 20.5 Å². The molecule has 2 aromatic rings. The van der Waals surface area contributed by atoms with Crippen molar-refractivity contribution in [3.63, 3.8) is 0 Å². The quantitative estimate of drug-likeness (QED) is 0.913. The van der Waals surface area contributed by atoms with Crippen LogP contribution in [-0.2, 0) is 16.6 Å². The number of sulfonamides is 1. The van der Waals surface area contributed by atoms with Crippen molar-refractivity contribution in [2.24, 2.45) is 0 Å². The van der Waals surface area contributed by atoms with Gasteiger partial charge >= 0.3 is 0 Å². The van der Waals surface area contributed by atoms with Crippen molar-refractivity contribution in [3.8, 4) is 5.75 Å². The first-order valence-electron chi connectivity index (χ1n) is 6.06. The van der Waals surface area contributed by atoms with Gasteiger partial charge in [-0.15, -0.1) is 0 Å². The van der Waals surface area contributed by atoms with Gasteiger partial charge in [-0.1, -0.05) is 6.07 Å². The molecule has 1 aromatic heterocycles. The minimum absolute atomic E-state index is 0.210. The number of pyridine rings is 1. The van der Waals surface area contributed by atoms with E-state index >= 15 is 0 Å². The molecule has 0 aliphatic rings. The molecule has 20 heavy (non-hydrogen) atoms. The van der Waals surface area contributed by atoms with Crippen molar-refractivity contribution < 1.29 is 13.2 Å². The van der Waals surface area contributed by atoms with Crippen LogP contribution in [0.5, 0.6) is 5.75 Å². The van der Waals surface area contributed by atoms with E-state index in [2.05, 4.69) is 9.71 Å². The molecule has 0 radical (unpaired) electrons. The summed E-state index contributed by atoms with van der Waals surface area (Å²) in [6, 6.07) is 8.34. The van der Waals surface area contributed by atoms with Crippen LogP contribution in [0.15, 0.2) is 47.6 Å². The summed E-state index contributed by atoms with van der Waals surface area (Å²) in [5.74, 6) is 0.663. The first-order chi connectivity index (χ1) is 9.53. The number of benzene rings is 1. The number of nitrogens with one attached hydrogen (secondary N) is 1. The maximum absolute atomic E-state index is 12.2. The average Bonchev–Trinajstić information content (AvgIpc) is 2.46. The predicted molar refractivity (Wildman–Crippen MR) is 76.0 cm³/mol. The molecule has 5 nitrogen and oxygen atoms in total. The van der Waals surface area contributed by atoms with Crippen LogP contribution in [0.3, 0.4) is 0 Å². The molecule has 2 rings (SSSR count). The fourth-order valence-electron chi connectivity index (χ4n) is 1.78. The third-order valence-electron chi connectivity index (χ3n) is 2.87. The largest absolute Gasteiger partial charge is 0.496 e. The molecular weight excluding hydrogens is 276 g/mol. The molecule has 106 valence electrons. The molecule has 1 N–H and O–H groups in total. The molecule has 0 unspecified atom stereocenters. The Morgan fingerprint density at radius 1 is 1.30 bits per heavy atom. The normalized spacial score (nSPS) is 11.3. The molecule has 1 aromatic carbocycles. The maximum Gasteiger partial charge on any atom is 0.240 e. The van der Waals surface area contributed by atoms with Gasteiger partial charge in [-0.2, -0.15) is 0 Å². The first kappa shape index (κ1) is 14.5. The molecular formula is C14H16N2O3S. The van der Waals surface area contributed by atoms with Crippen LogP contribution in [0.4, 0.5) is 0 Å². The van der Waals surface area contributed by atoms with E-state index in [1.165, 1.54) is 6.07 Å². The second-order valence-corrected chi connectivity index (χ2v) is 6.08. The van der Waals surface area contributed by atoms with Crippen LogP contribution >= 0.6 is 0 Å². The van der Waals surface area contributed by atoms with E-state index in [1.807, 2.05) is 6.07 Å². The van der Waals surface area contributed by atoms with Gasteiger partial charge in [0.2, 0.25) is 10.0 Å². The highest BCUT2D eigenvalue weighted by Gasteiger charge is 2.15. The average molecular weight is 292 g/mol. The van der Waals surface area contributed by atoms with Crippen molar-refractivity contribution >= 4 is 10.0 Å². The van der Waals surface area contributed by atoms with Crippen LogP contribution < -0.4 is 9.46 Å². The summed E-state index contributed by atoms with van der Waals surface area (Å²) >= 11 is 0. The van der Waals surface area contributed by atoms with Gasteiger partial charge < -0.3 is 4.74 Å². The van der Waals surface area contributed by atoms with E-state index < -0.39 is 10.0 Å². The third kappa shape index (κ3) is 3.34. The Hall–Kier alpha value is -1.92. The Labute approximate surface area is 118 Å². The highest BCUT2D eigenvalue weighted by molar-refractivity contribution is 7.89. The fourth-order valence-corrected chi connectivity index (χ4v) is 2.88. The number of hydrogen-bond acceptors (Lipinski definition) is 4. The highest BCUT2D eigenvalue weighted by Crippen LogP contribution is 2.21. The Balaban J connectivity index is 2.16. The molecule has 0 bridgehead atoms. The number of nitrogens with zero attached hydrogens (tertiary/aromatic N) is 1. The highest BCUT2D eigenvalue weighted by atomic mass is 32.2. The van der Waals surface area contributed by atoms with E-state index in [-0.39, 0.29) is 11.4 Å². The second kappa shape index (κ2) is 6.02. The summed E-state index contributed by atoms with van der Waals surface area (Å²) in [4.78, 5) is 4.17. The van der Waals surface area contributed by atoms with E-state index in [1.54, 1.807) is 44.6 Å². The minimum Gasteiger partial charge on any atom is -0.496 e. The summed E-state index contributed by atoms with van der Waals surface area (Å²) in [5.41, 5.74) is 1.58. The topological polar surface area (TPSA) is 68.3 Å². The van der Waals surface area contributed by atoms with E-state index in [0.29, 0.717) is 5.75 Å². The van der Waals surface area contributed by atoms with Crippen molar-refractivity contribution in [1.82, 2.24) is 9.71 Å². The lowest BCUT2D eigenvalue weighted by Crippen LogP contribution is -2.23. The SMILES string of the molecule is COc1ccc(S(=O)(=O)NCc2cccnc2)cc1C. The van der Waals surface area contributed by atoms with Crippen LogP contribution in [0, 0.1) is 6.92 Å². The first-order valence-corrected chi connectivity index (χ1v) is 7.54. The number of rotatable bonds is 5. The maximum atomic E-state index is 12.2. The van der Waals surface area contributed by atoms with Crippen LogP contribution in [0.25, 0.3) is 0 Å². The van der Waals surface area contributed by atoms with Crippen molar-refractivity contribution in [1.29, 1.82) is 0 Å². The van der Waals surface area contributed by atoms with Gasteiger partial charge in [0, 0.05) is 18.9 Å². The Bertz CT molecular complexity index is 685. The minimum atomic E-state index is -3.54. The molecule has 0 spiro atoms. The number of aryl methyl sites for hydroxylation is 1. The van der Waals surface area contributed by atoms with Gasteiger partial charge in [0.15, 0.2) is 0 Å². The third-order valence-corrected chi connectivity index (χ3v) is 4.26. The zero-order valence-electron chi connectivity index (χ0n) is 11.3. The Kier molecular flexibility index (Phi) is 4.36. The fraction of sp³-hybridized carbons (Fsp3) is 0.214. The van der Waals surface area contributed by atoms with Gasteiger partial charge in [0.25, 0.3) is 0 Å². The molecule has 0 aliphatic heterocycles. The number of ether oxygens (including phenoxy) is 1. The number of hydrogen-bond donors (Lipinski definition) is 1. The predicted octanol–water partition coefficient (Wildman–Crippen LogP) is 1.88. The number of methoxy groups -OCH3 is 1. The van der Waals surface area contributed by atoms with E-state index in [9.17, 15) is 8.42 Å². The van der Waals surface area contributed by atoms with Crippen molar-refractivity contribution in [2.45, 2.75) is 18.4 Å². The lowest BCUT2D eigenvalue weighted by Gasteiger charge is -2.09. The smallest absolute Gasteiger partial charge is 0.240 e. The van der Waals surface area contributed by atoms with Gasteiger partial charge in [-0.05, 0) is 42.3 Å². The summed E-state index contributed by atoms with van der Waals surface area (Å²) in [7, 11) is -1.99. The standard InChI is InChI=1S/C14H16N2O3S/c1-11-8-13(5-6-14(11)19-2)20(17,18)16-10-12-4-3-7-15-9-12/h3-9,16H,10H2,1-2H3. The molecule has 0 amide bonds. The summed E-state index contributed by atoms with van der Waals surface area (Å²) in [6.07, 6.45) is 3.27. The van der Waals surface area contributed by atoms with Crippen molar-refractivity contribution in [2.75, 3.05) is 7.11 Å². The lowest BCUT2D eigenvalue weighted by molar-refractivity contribution is 0.411. The summed E-state index contributed by atoms with van der Waals surface area (Å²) in [5, 5.41) is 0. The summed E-state index contributed by atoms with van der Waals surface area (Å²) < 4.78 is 32.0.